The summed E-state index contributed by atoms with van der Waals surface area (Å²) in [7, 11) is 0. The first-order chi connectivity index (χ1) is 9.58. The largest absolute Gasteiger partial charge is 0.598 e. The molecule has 0 bridgehead atoms. The lowest BCUT2D eigenvalue weighted by molar-refractivity contribution is -0.153. The van der Waals surface area contributed by atoms with Crippen molar-refractivity contribution in [3.05, 3.63) is 29.8 Å². The van der Waals surface area contributed by atoms with Gasteiger partial charge in [0.1, 0.15) is 10.5 Å². The predicted octanol–water partition coefficient (Wildman–Crippen LogP) is 3.22. The highest BCUT2D eigenvalue weighted by molar-refractivity contribution is 7.90. The van der Waals surface area contributed by atoms with Crippen LogP contribution in [0.25, 0.3) is 0 Å². The molecular weight excluding hydrogens is 303 g/mol. The summed E-state index contributed by atoms with van der Waals surface area (Å²) >= 11 is -1.13. The molecule has 0 aliphatic rings. The third-order valence-corrected chi connectivity index (χ3v) is 4.11. The summed E-state index contributed by atoms with van der Waals surface area (Å²) in [4.78, 5) is 0. The highest BCUT2D eigenvalue weighted by Crippen LogP contribution is 2.19. The predicted molar refractivity (Wildman–Crippen MR) is 77.6 cm³/mol. The average Bonchev–Trinajstić information content (AvgIpc) is 2.35. The molecule has 0 amide bonds. The molecule has 0 spiro atoms. The quantitative estimate of drug-likeness (QED) is 0.818. The number of benzene rings is 1. The fourth-order valence-electron chi connectivity index (χ4n) is 1.42. The molecule has 1 aromatic carbocycles. The van der Waals surface area contributed by atoms with Crippen molar-refractivity contribution in [2.45, 2.75) is 38.1 Å². The molecule has 0 aliphatic carbocycles. The molecule has 0 aliphatic heterocycles. The maximum absolute atomic E-state index is 12.0. The monoisotopic (exact) mass is 323 g/mol. The van der Waals surface area contributed by atoms with E-state index < -0.39 is 24.1 Å². The van der Waals surface area contributed by atoms with Gasteiger partial charge in [-0.1, -0.05) is 12.1 Å². The maximum Gasteiger partial charge on any atom is 0.422 e. The lowest BCUT2D eigenvalue weighted by Crippen LogP contribution is -2.40. The van der Waals surface area contributed by atoms with Gasteiger partial charge in [-0.25, -0.2) is 0 Å². The van der Waals surface area contributed by atoms with Gasteiger partial charge in [-0.05, 0) is 44.9 Å². The standard InChI is InChI=1S/C14H20F3NO2S/c1-13(2,3)21(19)18-9-8-11-4-6-12(7-5-11)20-10-14(15,16)17/h4-7,18H,8-10H2,1-3H3/t21-/m0/s1. The molecule has 1 aromatic rings. The topological polar surface area (TPSA) is 44.3 Å². The van der Waals surface area contributed by atoms with Gasteiger partial charge in [0.15, 0.2) is 6.61 Å². The highest BCUT2D eigenvalue weighted by atomic mass is 32.2. The molecule has 21 heavy (non-hydrogen) atoms. The van der Waals surface area contributed by atoms with E-state index in [9.17, 15) is 17.7 Å². The summed E-state index contributed by atoms with van der Waals surface area (Å²) in [5, 5.41) is 0. The van der Waals surface area contributed by atoms with Gasteiger partial charge in [-0.15, -0.1) is 4.72 Å². The molecule has 0 fully saturated rings. The van der Waals surface area contributed by atoms with Crippen LogP contribution in [0.1, 0.15) is 26.3 Å². The van der Waals surface area contributed by atoms with Crippen molar-refractivity contribution in [2.75, 3.05) is 13.2 Å². The minimum absolute atomic E-state index is 0.183. The van der Waals surface area contributed by atoms with Gasteiger partial charge in [-0.2, -0.15) is 13.2 Å². The average molecular weight is 323 g/mol. The SMILES string of the molecule is CC(C)(C)[S@+]([O-])NCCc1ccc(OCC(F)(F)F)cc1. The first-order valence-corrected chi connectivity index (χ1v) is 7.67. The van der Waals surface area contributed by atoms with Crippen molar-refractivity contribution >= 4 is 11.4 Å². The summed E-state index contributed by atoms with van der Waals surface area (Å²) < 4.78 is 55.0. The minimum atomic E-state index is -4.33. The van der Waals surface area contributed by atoms with Crippen LogP contribution < -0.4 is 9.46 Å². The van der Waals surface area contributed by atoms with Gasteiger partial charge in [0.2, 0.25) is 0 Å². The number of hydrogen-bond acceptors (Lipinski definition) is 3. The number of hydrogen-bond donors (Lipinski definition) is 1. The molecule has 1 N–H and O–H groups in total. The summed E-state index contributed by atoms with van der Waals surface area (Å²) in [5.41, 5.74) is 0.938. The van der Waals surface area contributed by atoms with Gasteiger partial charge in [-0.3, -0.25) is 0 Å². The number of ether oxygens (including phenoxy) is 1. The van der Waals surface area contributed by atoms with Gasteiger partial charge in [0.05, 0.1) is 0 Å². The number of nitrogens with one attached hydrogen (secondary N) is 1. The molecule has 7 heteroatoms. The normalized spacial score (nSPS) is 14.0. The Kier molecular flexibility index (Phi) is 6.37. The number of rotatable bonds is 6. The first-order valence-electron chi connectivity index (χ1n) is 6.52. The van der Waals surface area contributed by atoms with Crippen molar-refractivity contribution in [3.8, 4) is 5.75 Å². The lowest BCUT2D eigenvalue weighted by atomic mass is 10.1. The second-order valence-electron chi connectivity index (χ2n) is 5.57. The smallest absolute Gasteiger partial charge is 0.422 e. The fourth-order valence-corrected chi connectivity index (χ4v) is 2.14. The lowest BCUT2D eigenvalue weighted by Gasteiger charge is -2.23. The Morgan fingerprint density at radius 2 is 1.71 bits per heavy atom. The van der Waals surface area contributed by atoms with Crippen LogP contribution >= 0.6 is 0 Å². The van der Waals surface area contributed by atoms with E-state index in [0.717, 1.165) is 5.56 Å². The van der Waals surface area contributed by atoms with E-state index >= 15 is 0 Å². The Balaban J connectivity index is 2.38. The van der Waals surface area contributed by atoms with E-state index in [1.807, 2.05) is 20.8 Å². The Morgan fingerprint density at radius 3 is 2.19 bits per heavy atom. The third kappa shape index (κ3) is 7.59. The molecule has 3 nitrogen and oxygen atoms in total. The molecule has 0 heterocycles. The van der Waals surface area contributed by atoms with Crippen LogP contribution in [0, 0.1) is 0 Å². The minimum Gasteiger partial charge on any atom is -0.598 e. The number of halogens is 3. The van der Waals surface area contributed by atoms with Crippen molar-refractivity contribution in [1.82, 2.24) is 4.72 Å². The van der Waals surface area contributed by atoms with E-state index in [-0.39, 0.29) is 10.5 Å². The molecule has 0 saturated heterocycles. The molecule has 0 unspecified atom stereocenters. The first kappa shape index (κ1) is 18.1. The molecule has 120 valence electrons. The van der Waals surface area contributed by atoms with Gasteiger partial charge < -0.3 is 9.29 Å². The van der Waals surface area contributed by atoms with Crippen LogP contribution in [-0.2, 0) is 17.8 Å². The van der Waals surface area contributed by atoms with Crippen LogP contribution in [0.4, 0.5) is 13.2 Å². The van der Waals surface area contributed by atoms with E-state index in [4.69, 9.17) is 0 Å². The second kappa shape index (κ2) is 7.38. The second-order valence-corrected chi connectivity index (χ2v) is 7.62. The zero-order chi connectivity index (χ0) is 16.1. The number of alkyl halides is 3. The Hall–Kier alpha value is -0.920. The molecule has 0 aromatic heterocycles. The zero-order valence-electron chi connectivity index (χ0n) is 12.3. The summed E-state index contributed by atoms with van der Waals surface area (Å²) in [6, 6.07) is 6.41. The van der Waals surface area contributed by atoms with Crippen LogP contribution in [0.2, 0.25) is 0 Å². The van der Waals surface area contributed by atoms with E-state index in [1.165, 1.54) is 12.1 Å². The molecule has 0 saturated carbocycles. The van der Waals surface area contributed by atoms with Gasteiger partial charge in [0.25, 0.3) is 0 Å². The Labute approximate surface area is 126 Å². The summed E-state index contributed by atoms with van der Waals surface area (Å²) in [6.45, 7) is 4.87. The molecule has 1 rings (SSSR count). The summed E-state index contributed by atoms with van der Waals surface area (Å²) in [5.74, 6) is 0.183. The van der Waals surface area contributed by atoms with E-state index in [1.54, 1.807) is 12.1 Å². The van der Waals surface area contributed by atoms with E-state index in [2.05, 4.69) is 9.46 Å². The Bertz CT molecular complexity index is 429. The van der Waals surface area contributed by atoms with Crippen LogP contribution in [-0.4, -0.2) is 28.6 Å². The van der Waals surface area contributed by atoms with Gasteiger partial charge in [0, 0.05) is 17.9 Å². The highest BCUT2D eigenvalue weighted by Gasteiger charge is 2.28. The fraction of sp³-hybridized carbons (Fsp3) is 0.571. The third-order valence-electron chi connectivity index (χ3n) is 2.53. The van der Waals surface area contributed by atoms with E-state index in [0.29, 0.717) is 13.0 Å². The maximum atomic E-state index is 12.0. The van der Waals surface area contributed by atoms with Crippen molar-refractivity contribution in [3.63, 3.8) is 0 Å². The van der Waals surface area contributed by atoms with Gasteiger partial charge >= 0.3 is 6.18 Å². The van der Waals surface area contributed by atoms with Crippen molar-refractivity contribution in [1.29, 1.82) is 0 Å². The molecular formula is C14H20F3NO2S. The van der Waals surface area contributed by atoms with Crippen molar-refractivity contribution < 1.29 is 22.5 Å². The van der Waals surface area contributed by atoms with Crippen molar-refractivity contribution in [2.24, 2.45) is 0 Å². The summed E-state index contributed by atoms with van der Waals surface area (Å²) in [6.07, 6.45) is -3.69. The molecule has 0 radical (unpaired) electrons. The zero-order valence-corrected chi connectivity index (χ0v) is 13.1. The Morgan fingerprint density at radius 1 is 1.14 bits per heavy atom. The molecule has 1 atom stereocenters. The van der Waals surface area contributed by atoms with Crippen LogP contribution in [0.15, 0.2) is 24.3 Å². The van der Waals surface area contributed by atoms with Crippen LogP contribution in [0.3, 0.4) is 0 Å². The van der Waals surface area contributed by atoms with Crippen LogP contribution in [0.5, 0.6) is 5.75 Å².